The highest BCUT2D eigenvalue weighted by Gasteiger charge is 2.34. The number of hydrogen-bond donors (Lipinski definition) is 1. The molecule has 0 heterocycles. The summed E-state index contributed by atoms with van der Waals surface area (Å²) in [5.41, 5.74) is 0. The van der Waals surface area contributed by atoms with Gasteiger partial charge in [0.1, 0.15) is 6.54 Å². The largest absolute Gasteiger partial charge is 0.468 e. The molecule has 0 saturated heterocycles. The van der Waals surface area contributed by atoms with Gasteiger partial charge in [-0.05, 0) is 49.9 Å². The molecular formula is C21H32N2O6S2. The minimum atomic E-state index is -3.98. The molecule has 2 aliphatic carbocycles. The van der Waals surface area contributed by atoms with Gasteiger partial charge < -0.3 is 4.74 Å². The summed E-state index contributed by atoms with van der Waals surface area (Å²) in [7, 11) is -6.47. The number of rotatable bonds is 8. The zero-order chi connectivity index (χ0) is 22.5. The number of sulfonamides is 2. The fourth-order valence-electron chi connectivity index (χ4n) is 4.41. The first kappa shape index (κ1) is 24.2. The van der Waals surface area contributed by atoms with Crippen LogP contribution >= 0.6 is 0 Å². The van der Waals surface area contributed by atoms with Crippen molar-refractivity contribution in [2.24, 2.45) is 0 Å². The molecule has 1 aromatic rings. The molecule has 0 aliphatic heterocycles. The standard InChI is InChI=1S/C21H32N2O6S2/c1-29-21(24)16-23(18-10-6-3-7-11-18)31(27,28)20-14-12-19(13-15-20)30(25,26)22-17-8-4-2-5-9-17/h12-15,17-18,22H,2-11,16H2,1H3. The molecule has 8 nitrogen and oxygen atoms in total. The lowest BCUT2D eigenvalue weighted by molar-refractivity contribution is -0.141. The number of nitrogens with zero attached hydrogens (tertiary/aromatic N) is 1. The van der Waals surface area contributed by atoms with Gasteiger partial charge >= 0.3 is 5.97 Å². The Labute approximate surface area is 185 Å². The quantitative estimate of drug-likeness (QED) is 0.583. The van der Waals surface area contributed by atoms with Crippen LogP contribution in [0.1, 0.15) is 64.2 Å². The Hall–Kier alpha value is -1.49. The van der Waals surface area contributed by atoms with E-state index in [0.717, 1.165) is 51.4 Å². The molecule has 0 aromatic heterocycles. The first-order valence-corrected chi connectivity index (χ1v) is 13.9. The van der Waals surface area contributed by atoms with Gasteiger partial charge in [-0.3, -0.25) is 4.79 Å². The Morgan fingerprint density at radius 1 is 0.903 bits per heavy atom. The number of ether oxygens (including phenoxy) is 1. The summed E-state index contributed by atoms with van der Waals surface area (Å²) in [5.74, 6) is -0.620. The molecule has 0 bridgehead atoms. The minimum absolute atomic E-state index is 0.0291. The van der Waals surface area contributed by atoms with Gasteiger partial charge in [0, 0.05) is 12.1 Å². The Balaban J connectivity index is 1.81. The van der Waals surface area contributed by atoms with Crippen molar-refractivity contribution >= 4 is 26.0 Å². The molecule has 10 heteroatoms. The summed E-state index contributed by atoms with van der Waals surface area (Å²) in [4.78, 5) is 11.9. The number of methoxy groups -OCH3 is 1. The van der Waals surface area contributed by atoms with Crippen molar-refractivity contribution in [2.75, 3.05) is 13.7 Å². The zero-order valence-electron chi connectivity index (χ0n) is 18.0. The van der Waals surface area contributed by atoms with Crippen LogP contribution in [0.2, 0.25) is 0 Å². The van der Waals surface area contributed by atoms with Gasteiger partial charge in [0.05, 0.1) is 16.9 Å². The third-order valence-electron chi connectivity index (χ3n) is 6.16. The lowest BCUT2D eigenvalue weighted by Gasteiger charge is -2.32. The van der Waals surface area contributed by atoms with Crippen LogP contribution in [0, 0.1) is 0 Å². The fraction of sp³-hybridized carbons (Fsp3) is 0.667. The van der Waals surface area contributed by atoms with E-state index in [4.69, 9.17) is 4.74 Å². The van der Waals surface area contributed by atoms with E-state index < -0.39 is 26.0 Å². The molecule has 3 rings (SSSR count). The van der Waals surface area contributed by atoms with Gasteiger partial charge in [0.25, 0.3) is 0 Å². The Morgan fingerprint density at radius 3 is 1.97 bits per heavy atom. The van der Waals surface area contributed by atoms with E-state index >= 15 is 0 Å². The van der Waals surface area contributed by atoms with E-state index in [9.17, 15) is 21.6 Å². The second-order valence-corrected chi connectivity index (χ2v) is 12.0. The van der Waals surface area contributed by atoms with Gasteiger partial charge in [-0.15, -0.1) is 0 Å². The highest BCUT2D eigenvalue weighted by Crippen LogP contribution is 2.28. The van der Waals surface area contributed by atoms with Crippen LogP contribution in [-0.2, 0) is 29.6 Å². The molecule has 0 unspecified atom stereocenters. The first-order chi connectivity index (χ1) is 14.7. The maximum Gasteiger partial charge on any atom is 0.321 e. The summed E-state index contributed by atoms with van der Waals surface area (Å²) >= 11 is 0. The lowest BCUT2D eigenvalue weighted by Crippen LogP contribution is -2.44. The summed E-state index contributed by atoms with van der Waals surface area (Å²) in [6, 6.07) is 4.89. The zero-order valence-corrected chi connectivity index (χ0v) is 19.6. The molecule has 31 heavy (non-hydrogen) atoms. The van der Waals surface area contributed by atoms with Crippen LogP contribution in [0.25, 0.3) is 0 Å². The number of esters is 1. The molecule has 0 radical (unpaired) electrons. The van der Waals surface area contributed by atoms with E-state index in [2.05, 4.69) is 4.72 Å². The van der Waals surface area contributed by atoms with Crippen LogP contribution < -0.4 is 4.72 Å². The lowest BCUT2D eigenvalue weighted by atomic mass is 9.95. The van der Waals surface area contributed by atoms with Crippen molar-refractivity contribution in [2.45, 2.75) is 86.1 Å². The molecule has 0 amide bonds. The second kappa shape index (κ2) is 10.4. The Bertz CT molecular complexity index is 948. The summed E-state index contributed by atoms with van der Waals surface area (Å²) in [6.45, 7) is -0.354. The van der Waals surface area contributed by atoms with Crippen LogP contribution in [0.15, 0.2) is 34.1 Å². The number of carbonyl (C=O) groups is 1. The number of nitrogens with one attached hydrogen (secondary N) is 1. The third-order valence-corrected chi connectivity index (χ3v) is 9.61. The normalized spacial score (nSPS) is 19.4. The first-order valence-electron chi connectivity index (χ1n) is 10.9. The van der Waals surface area contributed by atoms with Crippen LogP contribution in [0.5, 0.6) is 0 Å². The van der Waals surface area contributed by atoms with E-state index in [0.29, 0.717) is 12.8 Å². The van der Waals surface area contributed by atoms with Crippen molar-refractivity contribution in [3.05, 3.63) is 24.3 Å². The molecule has 1 N–H and O–H groups in total. The van der Waals surface area contributed by atoms with E-state index in [1.165, 1.54) is 35.7 Å². The van der Waals surface area contributed by atoms with Crippen molar-refractivity contribution in [3.63, 3.8) is 0 Å². The van der Waals surface area contributed by atoms with Crippen LogP contribution in [-0.4, -0.2) is 52.8 Å². The highest BCUT2D eigenvalue weighted by molar-refractivity contribution is 7.89. The molecule has 0 atom stereocenters. The predicted octanol–water partition coefficient (Wildman–Crippen LogP) is 2.79. The monoisotopic (exact) mass is 472 g/mol. The maximum absolute atomic E-state index is 13.3. The van der Waals surface area contributed by atoms with E-state index in [-0.39, 0.29) is 28.4 Å². The van der Waals surface area contributed by atoms with Crippen molar-refractivity contribution in [1.29, 1.82) is 0 Å². The molecule has 174 valence electrons. The minimum Gasteiger partial charge on any atom is -0.468 e. The average Bonchev–Trinajstić information content (AvgIpc) is 2.78. The average molecular weight is 473 g/mol. The summed E-state index contributed by atoms with van der Waals surface area (Å²) < 4.78 is 60.7. The van der Waals surface area contributed by atoms with Crippen molar-refractivity contribution < 1.29 is 26.4 Å². The SMILES string of the molecule is COC(=O)CN(C1CCCCC1)S(=O)(=O)c1ccc(S(=O)(=O)NC2CCCCC2)cc1. The van der Waals surface area contributed by atoms with Gasteiger partial charge in [0.2, 0.25) is 20.0 Å². The number of benzene rings is 1. The fourth-order valence-corrected chi connectivity index (χ4v) is 7.34. The van der Waals surface area contributed by atoms with Gasteiger partial charge in [0.15, 0.2) is 0 Å². The molecule has 1 aromatic carbocycles. The Kier molecular flexibility index (Phi) is 8.12. The molecule has 2 saturated carbocycles. The van der Waals surface area contributed by atoms with Gasteiger partial charge in [-0.25, -0.2) is 21.6 Å². The summed E-state index contributed by atoms with van der Waals surface area (Å²) in [6.07, 6.45) is 8.98. The molecule has 0 spiro atoms. The predicted molar refractivity (Wildman–Crippen MR) is 116 cm³/mol. The topological polar surface area (TPSA) is 110 Å². The van der Waals surface area contributed by atoms with Crippen LogP contribution in [0.4, 0.5) is 0 Å². The number of carbonyl (C=O) groups excluding carboxylic acids is 1. The molecule has 2 fully saturated rings. The van der Waals surface area contributed by atoms with E-state index in [1.54, 1.807) is 0 Å². The van der Waals surface area contributed by atoms with Crippen molar-refractivity contribution in [1.82, 2.24) is 9.03 Å². The Morgan fingerprint density at radius 2 is 1.42 bits per heavy atom. The van der Waals surface area contributed by atoms with E-state index in [1.807, 2.05) is 0 Å². The highest BCUT2D eigenvalue weighted by atomic mass is 32.2. The third kappa shape index (κ3) is 6.06. The summed E-state index contributed by atoms with van der Waals surface area (Å²) in [5, 5.41) is 0. The number of hydrogen-bond acceptors (Lipinski definition) is 6. The van der Waals surface area contributed by atoms with Crippen LogP contribution in [0.3, 0.4) is 0 Å². The van der Waals surface area contributed by atoms with Gasteiger partial charge in [-0.1, -0.05) is 38.5 Å². The van der Waals surface area contributed by atoms with Crippen molar-refractivity contribution in [3.8, 4) is 0 Å². The molecule has 2 aliphatic rings. The smallest absolute Gasteiger partial charge is 0.321 e. The second-order valence-electron chi connectivity index (χ2n) is 8.35. The maximum atomic E-state index is 13.3. The van der Waals surface area contributed by atoms with Gasteiger partial charge in [-0.2, -0.15) is 4.31 Å². The molecular weight excluding hydrogens is 440 g/mol.